The van der Waals surface area contributed by atoms with Crippen LogP contribution < -0.4 is 5.32 Å². The fourth-order valence-corrected chi connectivity index (χ4v) is 1.04. The Hall–Kier alpha value is -1.79. The maximum absolute atomic E-state index is 12.5. The molecular formula is C10H9F4NO2. The first-order valence-electron chi connectivity index (χ1n) is 4.57. The summed E-state index contributed by atoms with van der Waals surface area (Å²) in [6.07, 6.45) is -3.85. The average molecular weight is 251 g/mol. The Bertz CT molecular complexity index is 409. The zero-order chi connectivity index (χ0) is 13.1. The zero-order valence-electron chi connectivity index (χ0n) is 8.46. The van der Waals surface area contributed by atoms with E-state index in [9.17, 15) is 27.5 Å². The van der Waals surface area contributed by atoms with Crippen molar-refractivity contribution >= 4 is 5.91 Å². The fraction of sp³-hybridized carbons (Fsp3) is 0.300. The lowest BCUT2D eigenvalue weighted by Gasteiger charge is -2.15. The Balaban J connectivity index is 2.66. The van der Waals surface area contributed by atoms with Gasteiger partial charge in [0, 0.05) is 0 Å². The van der Waals surface area contributed by atoms with Crippen molar-refractivity contribution in [1.82, 2.24) is 5.32 Å². The summed E-state index contributed by atoms with van der Waals surface area (Å²) in [7, 11) is 0. The minimum atomic E-state index is -4.29. The quantitative estimate of drug-likeness (QED) is 0.804. The van der Waals surface area contributed by atoms with Gasteiger partial charge in [-0.1, -0.05) is 12.1 Å². The Labute approximate surface area is 94.1 Å². The number of alkyl halides is 4. The summed E-state index contributed by atoms with van der Waals surface area (Å²) in [5.41, 5.74) is -0.252. The second kappa shape index (κ2) is 5.03. The standard InChI is InChI=1S/C10H9F4NO2/c11-9(12)10(13,14)5-15-8(17)6-3-1-2-4-7(6)16/h1-4,9,16H,5H2,(H,15,17). The van der Waals surface area contributed by atoms with E-state index >= 15 is 0 Å². The highest BCUT2D eigenvalue weighted by Gasteiger charge is 2.40. The van der Waals surface area contributed by atoms with Gasteiger partial charge < -0.3 is 10.4 Å². The molecule has 0 bridgehead atoms. The van der Waals surface area contributed by atoms with Gasteiger partial charge in [-0.05, 0) is 12.1 Å². The number of hydrogen-bond acceptors (Lipinski definition) is 2. The maximum Gasteiger partial charge on any atom is 0.324 e. The molecule has 1 amide bonds. The van der Waals surface area contributed by atoms with E-state index in [1.165, 1.54) is 24.3 Å². The molecule has 0 aliphatic heterocycles. The van der Waals surface area contributed by atoms with Gasteiger partial charge in [0.05, 0.1) is 12.1 Å². The van der Waals surface area contributed by atoms with Crippen LogP contribution in [0, 0.1) is 0 Å². The predicted molar refractivity (Wildman–Crippen MR) is 51.4 cm³/mol. The molecule has 0 saturated heterocycles. The van der Waals surface area contributed by atoms with E-state index in [0.29, 0.717) is 0 Å². The summed E-state index contributed by atoms with van der Waals surface area (Å²) in [4.78, 5) is 11.3. The molecule has 3 nitrogen and oxygen atoms in total. The van der Waals surface area contributed by atoms with Crippen molar-refractivity contribution in [3.63, 3.8) is 0 Å². The molecule has 0 aliphatic carbocycles. The molecule has 0 saturated carbocycles. The topological polar surface area (TPSA) is 49.3 Å². The molecule has 17 heavy (non-hydrogen) atoms. The van der Waals surface area contributed by atoms with E-state index in [2.05, 4.69) is 0 Å². The van der Waals surface area contributed by atoms with Crippen molar-refractivity contribution in [2.75, 3.05) is 6.54 Å². The molecule has 2 N–H and O–H groups in total. The third-order valence-electron chi connectivity index (χ3n) is 1.95. The van der Waals surface area contributed by atoms with E-state index < -0.39 is 30.5 Å². The molecule has 0 aliphatic rings. The van der Waals surface area contributed by atoms with Crippen LogP contribution in [0.3, 0.4) is 0 Å². The molecule has 7 heteroatoms. The van der Waals surface area contributed by atoms with E-state index in [4.69, 9.17) is 0 Å². The second-order valence-corrected chi connectivity index (χ2v) is 3.26. The molecule has 1 aromatic rings. The molecule has 0 unspecified atom stereocenters. The van der Waals surface area contributed by atoms with Gasteiger partial charge in [0.15, 0.2) is 0 Å². The molecule has 94 valence electrons. The predicted octanol–water partition coefficient (Wildman–Crippen LogP) is 2.02. The van der Waals surface area contributed by atoms with Crippen LogP contribution in [0.4, 0.5) is 17.6 Å². The van der Waals surface area contributed by atoms with Gasteiger partial charge in [-0.3, -0.25) is 4.79 Å². The molecule has 1 rings (SSSR count). The van der Waals surface area contributed by atoms with Crippen LogP contribution in [-0.4, -0.2) is 29.9 Å². The lowest BCUT2D eigenvalue weighted by Crippen LogP contribution is -2.41. The van der Waals surface area contributed by atoms with Crippen molar-refractivity contribution in [2.45, 2.75) is 12.3 Å². The normalized spacial score (nSPS) is 11.6. The van der Waals surface area contributed by atoms with Gasteiger partial charge >= 0.3 is 12.3 Å². The molecule has 1 aromatic carbocycles. The van der Waals surface area contributed by atoms with Gasteiger partial charge in [-0.15, -0.1) is 0 Å². The minimum absolute atomic E-state index is 0.252. The minimum Gasteiger partial charge on any atom is -0.507 e. The monoisotopic (exact) mass is 251 g/mol. The number of amides is 1. The number of aromatic hydroxyl groups is 1. The molecule has 0 heterocycles. The van der Waals surface area contributed by atoms with Gasteiger partial charge in [0.25, 0.3) is 5.91 Å². The largest absolute Gasteiger partial charge is 0.507 e. The third-order valence-corrected chi connectivity index (χ3v) is 1.95. The zero-order valence-corrected chi connectivity index (χ0v) is 8.46. The SMILES string of the molecule is O=C(NCC(F)(F)C(F)F)c1ccccc1O. The highest BCUT2D eigenvalue weighted by Crippen LogP contribution is 2.22. The number of phenols is 1. The summed E-state index contributed by atoms with van der Waals surface area (Å²) in [6, 6.07) is 5.20. The molecule has 0 atom stereocenters. The molecule has 0 aromatic heterocycles. The first kappa shape index (κ1) is 13.3. The van der Waals surface area contributed by atoms with Gasteiger partial charge in [-0.2, -0.15) is 8.78 Å². The van der Waals surface area contributed by atoms with Crippen LogP contribution in [0.1, 0.15) is 10.4 Å². The van der Waals surface area contributed by atoms with E-state index in [1.807, 2.05) is 0 Å². The van der Waals surface area contributed by atoms with Crippen LogP contribution in [0.25, 0.3) is 0 Å². The molecule has 0 fully saturated rings. The van der Waals surface area contributed by atoms with Crippen molar-refractivity contribution < 1.29 is 27.5 Å². The summed E-state index contributed by atoms with van der Waals surface area (Å²) < 4.78 is 48.6. The summed E-state index contributed by atoms with van der Waals surface area (Å²) in [5.74, 6) is -5.74. The summed E-state index contributed by atoms with van der Waals surface area (Å²) in [6.45, 7) is -1.49. The van der Waals surface area contributed by atoms with Crippen LogP contribution in [0.15, 0.2) is 24.3 Å². The van der Waals surface area contributed by atoms with Gasteiger partial charge in [0.2, 0.25) is 0 Å². The molecule has 0 spiro atoms. The Morgan fingerprint density at radius 2 is 1.94 bits per heavy atom. The van der Waals surface area contributed by atoms with Crippen molar-refractivity contribution in [2.24, 2.45) is 0 Å². The van der Waals surface area contributed by atoms with Crippen molar-refractivity contribution in [1.29, 1.82) is 0 Å². The first-order valence-corrected chi connectivity index (χ1v) is 4.57. The number of halogens is 4. The third kappa shape index (κ3) is 3.33. The highest BCUT2D eigenvalue weighted by atomic mass is 19.3. The number of benzene rings is 1. The van der Waals surface area contributed by atoms with Crippen molar-refractivity contribution in [3.05, 3.63) is 29.8 Å². The van der Waals surface area contributed by atoms with Crippen LogP contribution in [-0.2, 0) is 0 Å². The second-order valence-electron chi connectivity index (χ2n) is 3.26. The summed E-state index contributed by atoms with van der Waals surface area (Å²) >= 11 is 0. The number of carbonyl (C=O) groups is 1. The highest BCUT2D eigenvalue weighted by molar-refractivity contribution is 5.96. The fourth-order valence-electron chi connectivity index (χ4n) is 1.04. The average Bonchev–Trinajstić information content (AvgIpc) is 2.26. The van der Waals surface area contributed by atoms with Crippen LogP contribution in [0.2, 0.25) is 0 Å². The van der Waals surface area contributed by atoms with E-state index in [-0.39, 0.29) is 5.56 Å². The lowest BCUT2D eigenvalue weighted by atomic mass is 10.2. The molecule has 0 radical (unpaired) electrons. The molecular weight excluding hydrogens is 242 g/mol. The Morgan fingerprint density at radius 1 is 1.35 bits per heavy atom. The Kier molecular flexibility index (Phi) is 3.93. The lowest BCUT2D eigenvalue weighted by molar-refractivity contribution is -0.123. The number of phenolic OH excluding ortho intramolecular Hbond substituents is 1. The number of carbonyl (C=O) groups excluding carboxylic acids is 1. The maximum atomic E-state index is 12.5. The summed E-state index contributed by atoms with van der Waals surface area (Å²) in [5, 5.41) is 10.9. The smallest absolute Gasteiger partial charge is 0.324 e. The van der Waals surface area contributed by atoms with Crippen LogP contribution >= 0.6 is 0 Å². The number of para-hydroxylation sites is 1. The number of nitrogens with one attached hydrogen (secondary N) is 1. The number of rotatable bonds is 4. The first-order chi connectivity index (χ1) is 7.84. The van der Waals surface area contributed by atoms with Crippen molar-refractivity contribution in [3.8, 4) is 5.75 Å². The van der Waals surface area contributed by atoms with Gasteiger partial charge in [-0.25, -0.2) is 8.78 Å². The van der Waals surface area contributed by atoms with Crippen LogP contribution in [0.5, 0.6) is 5.75 Å². The number of hydrogen-bond donors (Lipinski definition) is 2. The Morgan fingerprint density at radius 3 is 2.47 bits per heavy atom. The van der Waals surface area contributed by atoms with E-state index in [1.54, 1.807) is 5.32 Å². The van der Waals surface area contributed by atoms with E-state index in [0.717, 1.165) is 0 Å². The van der Waals surface area contributed by atoms with Gasteiger partial charge in [0.1, 0.15) is 5.75 Å².